The molecule has 1 aromatic carbocycles. The minimum absolute atomic E-state index is 0.440. The summed E-state index contributed by atoms with van der Waals surface area (Å²) in [7, 11) is 0. The molecule has 18 heavy (non-hydrogen) atoms. The van der Waals surface area contributed by atoms with Gasteiger partial charge < -0.3 is 10.1 Å². The Hall–Kier alpha value is -1.06. The number of fused-ring (bicyclic) bond motifs is 1. The lowest BCUT2D eigenvalue weighted by Crippen LogP contribution is -2.54. The zero-order valence-corrected chi connectivity index (χ0v) is 11.2. The van der Waals surface area contributed by atoms with Crippen LogP contribution >= 0.6 is 0 Å². The number of hydrogen-bond acceptors (Lipinski definition) is 3. The van der Waals surface area contributed by atoms with Gasteiger partial charge >= 0.3 is 0 Å². The van der Waals surface area contributed by atoms with Crippen LogP contribution < -0.4 is 10.1 Å². The molecule has 1 saturated heterocycles. The van der Waals surface area contributed by atoms with Crippen molar-refractivity contribution in [2.75, 3.05) is 26.2 Å². The van der Waals surface area contributed by atoms with E-state index in [0.717, 1.165) is 32.0 Å². The minimum Gasteiger partial charge on any atom is -0.491 e. The monoisotopic (exact) mass is 246 g/mol. The predicted octanol–water partition coefficient (Wildman–Crippen LogP) is 2.05. The molecular weight excluding hydrogens is 224 g/mol. The van der Waals surface area contributed by atoms with E-state index in [9.17, 15) is 0 Å². The van der Waals surface area contributed by atoms with Crippen molar-refractivity contribution in [3.05, 3.63) is 29.8 Å². The maximum Gasteiger partial charge on any atom is 0.124 e. The Kier molecular flexibility index (Phi) is 3.27. The first kappa shape index (κ1) is 12.0. The summed E-state index contributed by atoms with van der Waals surface area (Å²) in [5, 5.41) is 3.51. The van der Waals surface area contributed by atoms with Gasteiger partial charge in [-0.15, -0.1) is 0 Å². The molecule has 0 radical (unpaired) electrons. The van der Waals surface area contributed by atoms with Crippen molar-refractivity contribution < 1.29 is 4.74 Å². The molecule has 0 spiro atoms. The van der Waals surface area contributed by atoms with Gasteiger partial charge in [0.1, 0.15) is 12.4 Å². The van der Waals surface area contributed by atoms with Crippen LogP contribution in [0, 0.1) is 5.92 Å². The second-order valence-electron chi connectivity index (χ2n) is 5.62. The molecular formula is C15H22N2O. The topological polar surface area (TPSA) is 24.5 Å². The highest BCUT2D eigenvalue weighted by molar-refractivity contribution is 5.39. The summed E-state index contributed by atoms with van der Waals surface area (Å²) in [4.78, 5) is 2.63. The zero-order chi connectivity index (χ0) is 12.5. The molecule has 2 atom stereocenters. The molecule has 2 unspecified atom stereocenters. The summed E-state index contributed by atoms with van der Waals surface area (Å²) in [6, 6.07) is 9.52. The maximum atomic E-state index is 5.83. The Balaban J connectivity index is 1.86. The average molecular weight is 246 g/mol. The van der Waals surface area contributed by atoms with Crippen LogP contribution in [-0.4, -0.2) is 37.2 Å². The van der Waals surface area contributed by atoms with Gasteiger partial charge in [-0.1, -0.05) is 32.0 Å². The molecule has 0 saturated carbocycles. The quantitative estimate of drug-likeness (QED) is 0.864. The van der Waals surface area contributed by atoms with E-state index in [1.807, 2.05) is 0 Å². The lowest BCUT2D eigenvalue weighted by atomic mass is 9.96. The highest BCUT2D eigenvalue weighted by Gasteiger charge is 2.35. The predicted molar refractivity (Wildman–Crippen MR) is 72.9 cm³/mol. The Bertz CT molecular complexity index is 419. The van der Waals surface area contributed by atoms with Crippen LogP contribution in [0.1, 0.15) is 25.5 Å². The summed E-state index contributed by atoms with van der Waals surface area (Å²) in [6.45, 7) is 8.73. The molecule has 3 heteroatoms. The van der Waals surface area contributed by atoms with Crippen LogP contribution in [0.15, 0.2) is 24.3 Å². The number of benzene rings is 1. The van der Waals surface area contributed by atoms with E-state index in [1.165, 1.54) is 5.56 Å². The Morgan fingerprint density at radius 3 is 3.00 bits per heavy atom. The van der Waals surface area contributed by atoms with Gasteiger partial charge in [-0.25, -0.2) is 0 Å². The van der Waals surface area contributed by atoms with Gasteiger partial charge in [0, 0.05) is 31.2 Å². The van der Waals surface area contributed by atoms with Crippen molar-refractivity contribution in [3.8, 4) is 5.75 Å². The van der Waals surface area contributed by atoms with E-state index in [1.54, 1.807) is 0 Å². The summed E-state index contributed by atoms with van der Waals surface area (Å²) in [5.74, 6) is 1.74. The number of piperazine rings is 1. The van der Waals surface area contributed by atoms with Gasteiger partial charge in [-0.3, -0.25) is 4.90 Å². The van der Waals surface area contributed by atoms with Gasteiger partial charge in [-0.2, -0.15) is 0 Å². The smallest absolute Gasteiger partial charge is 0.124 e. The van der Waals surface area contributed by atoms with Gasteiger partial charge in [0.15, 0.2) is 0 Å². The Morgan fingerprint density at radius 1 is 1.33 bits per heavy atom. The Labute approximate surface area is 109 Å². The first-order valence-electron chi connectivity index (χ1n) is 6.95. The largest absolute Gasteiger partial charge is 0.491 e. The van der Waals surface area contributed by atoms with Crippen LogP contribution in [-0.2, 0) is 0 Å². The number of hydrogen-bond donors (Lipinski definition) is 1. The highest BCUT2D eigenvalue weighted by atomic mass is 16.5. The molecule has 3 rings (SSSR count). The number of nitrogens with one attached hydrogen (secondary N) is 1. The molecule has 2 aliphatic rings. The highest BCUT2D eigenvalue weighted by Crippen LogP contribution is 2.37. The van der Waals surface area contributed by atoms with Crippen molar-refractivity contribution in [2.24, 2.45) is 5.92 Å². The third-order valence-electron chi connectivity index (χ3n) is 4.17. The lowest BCUT2D eigenvalue weighted by molar-refractivity contribution is 0.0648. The fourth-order valence-electron chi connectivity index (χ4n) is 3.17. The number of ether oxygens (including phenoxy) is 1. The zero-order valence-electron chi connectivity index (χ0n) is 11.2. The Morgan fingerprint density at radius 2 is 2.17 bits per heavy atom. The van der Waals surface area contributed by atoms with Crippen LogP contribution in [0.2, 0.25) is 0 Å². The molecule has 2 aliphatic heterocycles. The van der Waals surface area contributed by atoms with Crippen molar-refractivity contribution >= 4 is 0 Å². The standard InChI is InChI=1S/C15H22N2O/c1-11(2)13-9-16-7-8-17(13)14-10-18-15-6-4-3-5-12(14)15/h3-6,11,13-14,16H,7-10H2,1-2H3. The molecule has 2 heterocycles. The first-order valence-corrected chi connectivity index (χ1v) is 6.95. The molecule has 0 amide bonds. The van der Waals surface area contributed by atoms with E-state index >= 15 is 0 Å². The maximum absolute atomic E-state index is 5.83. The van der Waals surface area contributed by atoms with E-state index in [4.69, 9.17) is 4.74 Å². The summed E-state index contributed by atoms with van der Waals surface area (Å²) in [5.41, 5.74) is 1.37. The van der Waals surface area contributed by atoms with Crippen molar-refractivity contribution in [3.63, 3.8) is 0 Å². The first-order chi connectivity index (χ1) is 8.77. The summed E-state index contributed by atoms with van der Waals surface area (Å²) >= 11 is 0. The van der Waals surface area contributed by atoms with Crippen LogP contribution in [0.25, 0.3) is 0 Å². The van der Waals surface area contributed by atoms with Crippen molar-refractivity contribution in [1.29, 1.82) is 0 Å². The van der Waals surface area contributed by atoms with Gasteiger partial charge in [-0.05, 0) is 12.0 Å². The number of nitrogens with zero attached hydrogens (tertiary/aromatic N) is 1. The minimum atomic E-state index is 0.440. The normalized spacial score (nSPS) is 28.2. The molecule has 0 bridgehead atoms. The summed E-state index contributed by atoms with van der Waals surface area (Å²) < 4.78 is 5.83. The van der Waals surface area contributed by atoms with E-state index in [0.29, 0.717) is 18.0 Å². The SMILES string of the molecule is CC(C)C1CNCCN1C1COc2ccccc21. The molecule has 0 aliphatic carbocycles. The fraction of sp³-hybridized carbons (Fsp3) is 0.600. The van der Waals surface area contributed by atoms with E-state index < -0.39 is 0 Å². The molecule has 1 aromatic rings. The second kappa shape index (κ2) is 4.90. The van der Waals surface area contributed by atoms with Crippen molar-refractivity contribution in [1.82, 2.24) is 10.2 Å². The lowest BCUT2D eigenvalue weighted by Gasteiger charge is -2.41. The second-order valence-corrected chi connectivity index (χ2v) is 5.62. The van der Waals surface area contributed by atoms with Gasteiger partial charge in [0.25, 0.3) is 0 Å². The molecule has 1 fully saturated rings. The molecule has 1 N–H and O–H groups in total. The van der Waals surface area contributed by atoms with Crippen LogP contribution in [0.4, 0.5) is 0 Å². The third-order valence-corrected chi connectivity index (χ3v) is 4.17. The molecule has 3 nitrogen and oxygen atoms in total. The number of rotatable bonds is 2. The summed E-state index contributed by atoms with van der Waals surface area (Å²) in [6.07, 6.45) is 0. The van der Waals surface area contributed by atoms with Gasteiger partial charge in [0.05, 0.1) is 6.04 Å². The van der Waals surface area contributed by atoms with Crippen molar-refractivity contribution in [2.45, 2.75) is 25.9 Å². The molecule has 0 aromatic heterocycles. The van der Waals surface area contributed by atoms with E-state index in [2.05, 4.69) is 48.3 Å². The molecule has 98 valence electrons. The van der Waals surface area contributed by atoms with E-state index in [-0.39, 0.29) is 0 Å². The average Bonchev–Trinajstić information content (AvgIpc) is 2.82. The van der Waals surface area contributed by atoms with Crippen LogP contribution in [0.3, 0.4) is 0 Å². The van der Waals surface area contributed by atoms with Gasteiger partial charge in [0.2, 0.25) is 0 Å². The van der Waals surface area contributed by atoms with Crippen LogP contribution in [0.5, 0.6) is 5.75 Å². The fourth-order valence-corrected chi connectivity index (χ4v) is 3.17. The number of para-hydroxylation sites is 1. The third kappa shape index (κ3) is 2.02.